The summed E-state index contributed by atoms with van der Waals surface area (Å²) < 4.78 is 0. The Morgan fingerprint density at radius 3 is 1.82 bits per heavy atom. The molecule has 38 heavy (non-hydrogen) atoms. The summed E-state index contributed by atoms with van der Waals surface area (Å²) >= 11 is 0. The summed E-state index contributed by atoms with van der Waals surface area (Å²) in [7, 11) is 0. The van der Waals surface area contributed by atoms with E-state index in [0.29, 0.717) is 62.0 Å². The summed E-state index contributed by atoms with van der Waals surface area (Å²) in [6.45, 7) is 9.14. The van der Waals surface area contributed by atoms with Crippen LogP contribution in [0.1, 0.15) is 34.2 Å². The van der Waals surface area contributed by atoms with Crippen molar-refractivity contribution >= 4 is 30.0 Å². The van der Waals surface area contributed by atoms with Gasteiger partial charge in [0.15, 0.2) is 0 Å². The molecule has 11 heteroatoms. The zero-order chi connectivity index (χ0) is 27.3. The second-order valence-corrected chi connectivity index (χ2v) is 8.68. The maximum absolute atomic E-state index is 11.0. The molecule has 0 spiro atoms. The minimum atomic E-state index is 0.0952. The van der Waals surface area contributed by atoms with E-state index in [-0.39, 0.29) is 11.4 Å². The third kappa shape index (κ3) is 8.93. The number of nitrogens with two attached hydrogens (primary N) is 1. The summed E-state index contributed by atoms with van der Waals surface area (Å²) in [5.41, 5.74) is 10.9. The van der Waals surface area contributed by atoms with Crippen LogP contribution in [0.4, 0.5) is 11.4 Å². The monoisotopic (exact) mass is 515 g/mol. The van der Waals surface area contributed by atoms with Crippen molar-refractivity contribution in [2.24, 2.45) is 20.2 Å². The van der Waals surface area contributed by atoms with E-state index in [4.69, 9.17) is 5.73 Å². The number of aromatic hydroxyl groups is 1. The zero-order valence-electron chi connectivity index (χ0n) is 21.9. The third-order valence-corrected chi connectivity index (χ3v) is 5.55. The van der Waals surface area contributed by atoms with E-state index in [1.54, 1.807) is 42.9 Å². The van der Waals surface area contributed by atoms with Crippen molar-refractivity contribution < 1.29 is 5.11 Å². The quantitative estimate of drug-likeness (QED) is 0.261. The van der Waals surface area contributed by atoms with Crippen molar-refractivity contribution in [3.63, 3.8) is 0 Å². The Labute approximate surface area is 222 Å². The minimum absolute atomic E-state index is 0.0952. The Morgan fingerprint density at radius 2 is 1.21 bits per heavy atom. The van der Waals surface area contributed by atoms with Gasteiger partial charge in [-0.05, 0) is 62.3 Å². The predicted octanol–water partition coefficient (Wildman–Crippen LogP) is 3.44. The van der Waals surface area contributed by atoms with E-state index in [9.17, 15) is 10.0 Å². The molecule has 0 aromatic carbocycles. The number of nitrogens with zero attached hydrogens (tertiary/aromatic N) is 8. The van der Waals surface area contributed by atoms with Gasteiger partial charge in [0.25, 0.3) is 0 Å². The van der Waals surface area contributed by atoms with Crippen LogP contribution < -0.4 is 5.73 Å². The molecule has 0 unspecified atom stereocenters. The van der Waals surface area contributed by atoms with Crippen molar-refractivity contribution in [2.45, 2.75) is 20.8 Å². The Morgan fingerprint density at radius 1 is 0.737 bits per heavy atom. The molecule has 198 valence electrons. The Hall–Kier alpha value is -4.38. The summed E-state index contributed by atoms with van der Waals surface area (Å²) in [6.07, 6.45) is 4.86. The van der Waals surface area contributed by atoms with Crippen LogP contribution in [-0.4, -0.2) is 82.9 Å². The fraction of sp³-hybridized carbons (Fsp3) is 0.333. The van der Waals surface area contributed by atoms with Crippen LogP contribution in [0.3, 0.4) is 0 Å². The molecule has 3 N–H and O–H groups in total. The van der Waals surface area contributed by atoms with E-state index >= 15 is 0 Å². The van der Waals surface area contributed by atoms with Crippen LogP contribution in [0.5, 0.6) is 5.75 Å². The zero-order valence-corrected chi connectivity index (χ0v) is 21.9. The lowest BCUT2D eigenvalue weighted by molar-refractivity contribution is 0.298. The number of nitroso groups, excluding NO2 is 1. The Balaban J connectivity index is 1.60. The third-order valence-electron chi connectivity index (χ3n) is 5.55. The Bertz CT molecular complexity index is 1260. The van der Waals surface area contributed by atoms with E-state index in [1.807, 2.05) is 32.9 Å². The summed E-state index contributed by atoms with van der Waals surface area (Å²) in [5.74, 6) is 0.0952. The molecule has 0 saturated carbocycles. The molecule has 0 saturated heterocycles. The minimum Gasteiger partial charge on any atom is -0.506 e. The molecule has 0 atom stereocenters. The molecule has 0 fully saturated rings. The molecule has 11 nitrogen and oxygen atoms in total. The molecule has 0 aliphatic rings. The highest BCUT2D eigenvalue weighted by Crippen LogP contribution is 2.15. The fourth-order valence-corrected chi connectivity index (χ4v) is 3.48. The van der Waals surface area contributed by atoms with E-state index < -0.39 is 0 Å². The smallest absolute Gasteiger partial charge is 0.142 e. The number of aromatic nitrogens is 3. The van der Waals surface area contributed by atoms with E-state index in [0.717, 1.165) is 17.1 Å². The van der Waals surface area contributed by atoms with Gasteiger partial charge in [-0.1, -0.05) is 0 Å². The number of nitrogen functional groups attached to an aromatic ring is 1. The summed E-state index contributed by atoms with van der Waals surface area (Å²) in [4.78, 5) is 39.7. The molecule has 3 rings (SSSR count). The highest BCUT2D eigenvalue weighted by Gasteiger charge is 2.06. The number of pyridine rings is 3. The van der Waals surface area contributed by atoms with Crippen LogP contribution >= 0.6 is 0 Å². The van der Waals surface area contributed by atoms with Crippen LogP contribution in [0.25, 0.3) is 0 Å². The van der Waals surface area contributed by atoms with Crippen LogP contribution in [0, 0.1) is 25.7 Å². The van der Waals surface area contributed by atoms with Gasteiger partial charge in [0.1, 0.15) is 28.5 Å². The van der Waals surface area contributed by atoms with Crippen molar-refractivity contribution in [1.82, 2.24) is 19.9 Å². The number of hydrogen-bond acceptors (Lipinski definition) is 11. The number of hydrogen-bond donors (Lipinski definition) is 2. The number of aliphatic imine (C=N–C) groups is 3. The predicted molar refractivity (Wildman–Crippen MR) is 152 cm³/mol. The van der Waals surface area contributed by atoms with Crippen LogP contribution in [0.15, 0.2) is 56.6 Å². The van der Waals surface area contributed by atoms with Crippen molar-refractivity contribution in [3.8, 4) is 5.75 Å². The van der Waals surface area contributed by atoms with Crippen LogP contribution in [-0.2, 0) is 0 Å². The van der Waals surface area contributed by atoms with Gasteiger partial charge in [0.05, 0.1) is 31.5 Å². The van der Waals surface area contributed by atoms with E-state index in [1.165, 1.54) is 0 Å². The molecule has 3 aromatic heterocycles. The first-order valence-electron chi connectivity index (χ1n) is 12.3. The molecule has 3 heterocycles. The lowest BCUT2D eigenvalue weighted by Crippen LogP contribution is -2.31. The van der Waals surface area contributed by atoms with Crippen molar-refractivity contribution in [3.05, 3.63) is 75.5 Å². The van der Waals surface area contributed by atoms with Crippen molar-refractivity contribution in [1.29, 1.82) is 0 Å². The maximum Gasteiger partial charge on any atom is 0.142 e. The first kappa shape index (κ1) is 28.2. The molecule has 0 bridgehead atoms. The summed E-state index contributed by atoms with van der Waals surface area (Å²) in [5, 5.41) is 13.0. The lowest BCUT2D eigenvalue weighted by atomic mass is 10.3. The van der Waals surface area contributed by atoms with Gasteiger partial charge in [-0.15, -0.1) is 4.91 Å². The first-order chi connectivity index (χ1) is 18.4. The standard InChI is InChI=1S/C27H33N9O2/c1-19-4-7-22(28)24(32-19)16-29-10-13-36(15-12-31-18-26-27(37)9-6-21(3)34-26)14-11-30-17-25-23(35-38)8-5-20(2)33-25/h4-9,16-18,37H,10-15,28H2,1-3H3/b29-16+,30-17+,31-18+. The van der Waals surface area contributed by atoms with Gasteiger partial charge in [-0.3, -0.25) is 19.9 Å². The summed E-state index contributed by atoms with van der Waals surface area (Å²) in [6, 6.07) is 10.4. The fourth-order valence-electron chi connectivity index (χ4n) is 3.48. The molecule has 0 aliphatic heterocycles. The SMILES string of the molecule is Cc1ccc(N)c(/C=N/CCN(CC/N=C/c2nc(C)ccc2O)CC/N=C/c2nc(C)ccc2N=O)n1. The van der Waals surface area contributed by atoms with Gasteiger partial charge in [0.2, 0.25) is 0 Å². The largest absolute Gasteiger partial charge is 0.506 e. The molecule has 3 aromatic rings. The topological polar surface area (TPSA) is 155 Å². The second-order valence-electron chi connectivity index (χ2n) is 8.68. The lowest BCUT2D eigenvalue weighted by Gasteiger charge is -2.19. The molecular formula is C27H33N9O2. The maximum atomic E-state index is 11.0. The van der Waals surface area contributed by atoms with Gasteiger partial charge in [-0.25, -0.2) is 15.0 Å². The van der Waals surface area contributed by atoms with Crippen molar-refractivity contribution in [2.75, 3.05) is 45.0 Å². The van der Waals surface area contributed by atoms with Gasteiger partial charge < -0.3 is 10.8 Å². The average Bonchev–Trinajstić information content (AvgIpc) is 2.90. The second kappa shape index (κ2) is 14.4. The normalized spacial score (nSPS) is 11.9. The van der Waals surface area contributed by atoms with Gasteiger partial charge in [-0.2, -0.15) is 0 Å². The molecular weight excluding hydrogens is 482 g/mol. The van der Waals surface area contributed by atoms with Gasteiger partial charge in [0, 0.05) is 49.1 Å². The Kier molecular flexibility index (Phi) is 10.7. The molecule has 0 amide bonds. The average molecular weight is 516 g/mol. The number of anilines is 1. The highest BCUT2D eigenvalue weighted by atomic mass is 16.3. The molecule has 0 aliphatic carbocycles. The first-order valence-corrected chi connectivity index (χ1v) is 12.3. The van der Waals surface area contributed by atoms with Crippen LogP contribution in [0.2, 0.25) is 0 Å². The molecule has 0 radical (unpaired) electrons. The van der Waals surface area contributed by atoms with Gasteiger partial charge >= 0.3 is 0 Å². The van der Waals surface area contributed by atoms with E-state index in [2.05, 4.69) is 40.0 Å². The number of rotatable bonds is 13. The highest BCUT2D eigenvalue weighted by molar-refractivity contribution is 5.84. The number of aryl methyl sites for hydroxylation is 3.